The molecule has 1 rings (SSSR count). The molecule has 1 aliphatic carbocycles. The van der Waals surface area contributed by atoms with Gasteiger partial charge in [0.1, 0.15) is 0 Å². The predicted octanol–water partition coefficient (Wildman–Crippen LogP) is 4.15. The number of nitrogens with zero attached hydrogens (tertiary/aromatic N) is 1. The van der Waals surface area contributed by atoms with Crippen LogP contribution in [0.5, 0.6) is 0 Å². The van der Waals surface area contributed by atoms with E-state index in [4.69, 9.17) is 6.42 Å². The van der Waals surface area contributed by atoms with Gasteiger partial charge in [0.15, 0.2) is 0 Å². The Labute approximate surface area is 116 Å². The van der Waals surface area contributed by atoms with E-state index < -0.39 is 0 Å². The molecule has 0 spiro atoms. The molecule has 0 aliphatic heterocycles. The Bertz CT molecular complexity index is 357. The first kappa shape index (κ1) is 15.2. The molecule has 1 saturated carbocycles. The van der Waals surface area contributed by atoms with Crippen molar-refractivity contribution in [2.24, 2.45) is 10.9 Å². The van der Waals surface area contributed by atoms with Crippen LogP contribution in [0.2, 0.25) is 0 Å². The van der Waals surface area contributed by atoms with Gasteiger partial charge in [-0.25, -0.2) is 0 Å². The average Bonchev–Trinajstić information content (AvgIpc) is 2.43. The van der Waals surface area contributed by atoms with E-state index in [1.807, 2.05) is 7.05 Å². The normalized spacial score (nSPS) is 19.1. The van der Waals surface area contributed by atoms with E-state index in [-0.39, 0.29) is 0 Å². The van der Waals surface area contributed by atoms with E-state index in [9.17, 15) is 0 Å². The van der Waals surface area contributed by atoms with E-state index in [0.717, 1.165) is 11.4 Å². The Morgan fingerprint density at radius 3 is 2.56 bits per heavy atom. The minimum absolute atomic E-state index is 0.632. The van der Waals surface area contributed by atoms with Crippen molar-refractivity contribution >= 4 is 16.8 Å². The molecule has 1 fully saturated rings. The van der Waals surface area contributed by atoms with Crippen molar-refractivity contribution in [1.82, 2.24) is 5.32 Å². The first-order valence-electron chi connectivity index (χ1n) is 6.78. The summed E-state index contributed by atoms with van der Waals surface area (Å²) in [5.41, 5.74) is 1.30. The Morgan fingerprint density at radius 2 is 2.06 bits per heavy atom. The van der Waals surface area contributed by atoms with Crippen LogP contribution in [0, 0.1) is 18.4 Å². The van der Waals surface area contributed by atoms with Gasteiger partial charge in [-0.05, 0) is 31.8 Å². The summed E-state index contributed by atoms with van der Waals surface area (Å²) in [6.07, 6.45) is 13.0. The van der Waals surface area contributed by atoms with Crippen LogP contribution >= 0.6 is 11.8 Å². The van der Waals surface area contributed by atoms with E-state index in [2.05, 4.69) is 30.2 Å². The van der Waals surface area contributed by atoms with Gasteiger partial charge < -0.3 is 5.32 Å². The van der Waals surface area contributed by atoms with Crippen molar-refractivity contribution < 1.29 is 0 Å². The summed E-state index contributed by atoms with van der Waals surface area (Å²) in [5.74, 6) is 0.632. The van der Waals surface area contributed by atoms with Crippen molar-refractivity contribution in [2.45, 2.75) is 52.4 Å². The van der Waals surface area contributed by atoms with Crippen LogP contribution in [0.15, 0.2) is 15.6 Å². The molecule has 0 radical (unpaired) electrons. The standard InChI is InChI=1S/C15H24N2S/c1-5-12(3)14(17-6-2)18-15(16-4)13-10-8-7-9-11-13/h2,13,17H,5,7-11H2,1,3-4H3/b14-12-,16-15-. The Morgan fingerprint density at radius 1 is 1.39 bits per heavy atom. The van der Waals surface area contributed by atoms with Crippen molar-refractivity contribution in [1.29, 1.82) is 0 Å². The van der Waals surface area contributed by atoms with Gasteiger partial charge in [-0.1, -0.05) is 44.4 Å². The SMILES string of the molecule is C#CN/C(S/C(=N\C)C1CCCCC1)=C(\C)CC. The minimum atomic E-state index is 0.632. The zero-order valence-corrected chi connectivity index (χ0v) is 12.6. The maximum atomic E-state index is 5.37. The average molecular weight is 264 g/mol. The zero-order chi connectivity index (χ0) is 13.4. The maximum absolute atomic E-state index is 5.37. The Hall–Kier alpha value is -0.880. The number of hydrogen-bond acceptors (Lipinski definition) is 3. The smallest absolute Gasteiger partial charge is 0.0846 e. The molecule has 0 aromatic carbocycles. The summed E-state index contributed by atoms with van der Waals surface area (Å²) in [5, 5.41) is 5.35. The number of thioether (sulfide) groups is 1. The van der Waals surface area contributed by atoms with E-state index in [1.165, 1.54) is 42.7 Å². The third-order valence-electron chi connectivity index (χ3n) is 3.49. The van der Waals surface area contributed by atoms with Crippen LogP contribution in [0.3, 0.4) is 0 Å². The summed E-state index contributed by atoms with van der Waals surface area (Å²) >= 11 is 1.73. The van der Waals surface area contributed by atoms with E-state index in [1.54, 1.807) is 11.8 Å². The highest BCUT2D eigenvalue weighted by atomic mass is 32.2. The molecule has 0 heterocycles. The molecule has 0 unspecified atom stereocenters. The molecule has 1 N–H and O–H groups in total. The number of aliphatic imine (C=N–C) groups is 1. The molecule has 1 aliphatic rings. The fraction of sp³-hybridized carbons (Fsp3) is 0.667. The minimum Gasteiger partial charge on any atom is -0.309 e. The summed E-state index contributed by atoms with van der Waals surface area (Å²) in [7, 11) is 1.89. The lowest BCUT2D eigenvalue weighted by molar-refractivity contribution is 0.443. The lowest BCUT2D eigenvalue weighted by Crippen LogP contribution is -2.17. The molecule has 0 bridgehead atoms. The van der Waals surface area contributed by atoms with Crippen LogP contribution in [0.4, 0.5) is 0 Å². The summed E-state index contributed by atoms with van der Waals surface area (Å²) in [4.78, 5) is 4.49. The first-order chi connectivity index (χ1) is 8.72. The van der Waals surface area contributed by atoms with Gasteiger partial charge in [-0.3, -0.25) is 4.99 Å². The fourth-order valence-electron chi connectivity index (χ4n) is 2.21. The number of terminal acetylenes is 1. The van der Waals surface area contributed by atoms with Crippen LogP contribution in [0.1, 0.15) is 52.4 Å². The van der Waals surface area contributed by atoms with E-state index >= 15 is 0 Å². The molecule has 0 amide bonds. The monoisotopic (exact) mass is 264 g/mol. The third-order valence-corrected chi connectivity index (χ3v) is 4.86. The van der Waals surface area contributed by atoms with Gasteiger partial charge in [-0.2, -0.15) is 0 Å². The molecule has 0 saturated heterocycles. The van der Waals surface area contributed by atoms with Gasteiger partial charge in [-0.15, -0.1) is 0 Å². The Kier molecular flexibility index (Phi) is 6.97. The lowest BCUT2D eigenvalue weighted by atomic mass is 9.90. The van der Waals surface area contributed by atoms with E-state index in [0.29, 0.717) is 5.92 Å². The first-order valence-corrected chi connectivity index (χ1v) is 7.60. The number of hydrogen-bond donors (Lipinski definition) is 1. The number of allylic oxidation sites excluding steroid dienone is 1. The highest BCUT2D eigenvalue weighted by Gasteiger charge is 2.20. The van der Waals surface area contributed by atoms with Crippen LogP contribution < -0.4 is 5.32 Å². The molecule has 0 aromatic rings. The van der Waals surface area contributed by atoms with Crippen LogP contribution in [0.25, 0.3) is 0 Å². The molecule has 100 valence electrons. The summed E-state index contributed by atoms with van der Waals surface area (Å²) < 4.78 is 0. The highest BCUT2D eigenvalue weighted by molar-refractivity contribution is 8.17. The second-order valence-electron chi connectivity index (χ2n) is 4.73. The fourth-order valence-corrected chi connectivity index (χ4v) is 3.34. The molecule has 18 heavy (non-hydrogen) atoms. The van der Waals surface area contributed by atoms with Crippen LogP contribution in [-0.2, 0) is 0 Å². The second-order valence-corrected chi connectivity index (χ2v) is 5.76. The molecular formula is C15H24N2S. The van der Waals surface area contributed by atoms with Crippen molar-refractivity contribution in [3.8, 4) is 12.5 Å². The quantitative estimate of drug-likeness (QED) is 0.357. The predicted molar refractivity (Wildman–Crippen MR) is 82.5 cm³/mol. The van der Waals surface area contributed by atoms with Crippen molar-refractivity contribution in [3.63, 3.8) is 0 Å². The Balaban J connectivity index is 2.74. The molecule has 2 nitrogen and oxygen atoms in total. The lowest BCUT2D eigenvalue weighted by Gasteiger charge is -2.23. The van der Waals surface area contributed by atoms with Crippen LogP contribution in [-0.4, -0.2) is 12.1 Å². The topological polar surface area (TPSA) is 24.4 Å². The second kappa shape index (κ2) is 8.26. The summed E-state index contributed by atoms with van der Waals surface area (Å²) in [6, 6.07) is 2.53. The molecule has 0 atom stereocenters. The highest BCUT2D eigenvalue weighted by Crippen LogP contribution is 2.32. The van der Waals surface area contributed by atoms with Crippen molar-refractivity contribution in [2.75, 3.05) is 7.05 Å². The van der Waals surface area contributed by atoms with Crippen molar-refractivity contribution in [3.05, 3.63) is 10.6 Å². The molecular weight excluding hydrogens is 240 g/mol. The summed E-state index contributed by atoms with van der Waals surface area (Å²) in [6.45, 7) is 4.28. The largest absolute Gasteiger partial charge is 0.309 e. The van der Waals surface area contributed by atoms with Gasteiger partial charge in [0.2, 0.25) is 0 Å². The zero-order valence-electron chi connectivity index (χ0n) is 11.8. The molecule has 0 aromatic heterocycles. The third kappa shape index (κ3) is 4.42. The van der Waals surface area contributed by atoms with Gasteiger partial charge in [0.25, 0.3) is 0 Å². The van der Waals surface area contributed by atoms with Gasteiger partial charge >= 0.3 is 0 Å². The van der Waals surface area contributed by atoms with Gasteiger partial charge in [0.05, 0.1) is 10.1 Å². The number of nitrogens with one attached hydrogen (secondary N) is 1. The van der Waals surface area contributed by atoms with Gasteiger partial charge in [0, 0.05) is 19.0 Å². The maximum Gasteiger partial charge on any atom is 0.0846 e. The number of rotatable bonds is 4. The molecule has 3 heteroatoms.